The zero-order valence-electron chi connectivity index (χ0n) is 11.5. The van der Waals surface area contributed by atoms with Gasteiger partial charge in [-0.15, -0.1) is 0 Å². The number of nitrogens with one attached hydrogen (secondary N) is 1. The van der Waals surface area contributed by atoms with Crippen LogP contribution in [-0.2, 0) is 5.54 Å². The molecular weight excluding hydrogens is 290 g/mol. The molecule has 0 radical (unpaired) electrons. The number of aliphatic hydroxyl groups excluding tert-OH is 1. The van der Waals surface area contributed by atoms with E-state index in [9.17, 15) is 15.0 Å². The third-order valence-corrected chi connectivity index (χ3v) is 3.58. The lowest BCUT2D eigenvalue weighted by molar-refractivity contribution is 0.0697. The summed E-state index contributed by atoms with van der Waals surface area (Å²) in [4.78, 5) is 11.3. The number of benzene rings is 2. The Hall–Kier alpha value is -2.04. The summed E-state index contributed by atoms with van der Waals surface area (Å²) in [7, 11) is 0. The fraction of sp³-hybridized carbons (Fsp3) is 0.188. The molecular formula is C16H16ClNO3. The van der Waals surface area contributed by atoms with Gasteiger partial charge in [0.05, 0.1) is 17.7 Å². The molecule has 1 atom stereocenters. The standard InChI is InChI=1S/C16H16ClNO3/c1-16(10-19,11-5-3-2-4-6-11)18-14-8-7-12(17)9-13(14)15(20)21/h2-9,18-19H,10H2,1H3,(H,20,21). The Bertz CT molecular complexity index is 645. The predicted octanol–water partition coefficient (Wildman–Crippen LogP) is 3.36. The lowest BCUT2D eigenvalue weighted by atomic mass is 9.92. The number of hydrogen-bond donors (Lipinski definition) is 3. The first kappa shape index (κ1) is 15.4. The second-order valence-electron chi connectivity index (χ2n) is 4.98. The Morgan fingerprint density at radius 3 is 2.48 bits per heavy atom. The van der Waals surface area contributed by atoms with Crippen molar-refractivity contribution < 1.29 is 15.0 Å². The lowest BCUT2D eigenvalue weighted by Gasteiger charge is -2.31. The Balaban J connectivity index is 2.42. The normalized spacial score (nSPS) is 13.5. The number of aromatic carboxylic acids is 1. The second kappa shape index (κ2) is 6.16. The molecule has 5 heteroatoms. The summed E-state index contributed by atoms with van der Waals surface area (Å²) < 4.78 is 0. The lowest BCUT2D eigenvalue weighted by Crippen LogP contribution is -2.36. The fourth-order valence-corrected chi connectivity index (χ4v) is 2.28. The van der Waals surface area contributed by atoms with Gasteiger partial charge in [-0.05, 0) is 30.7 Å². The summed E-state index contributed by atoms with van der Waals surface area (Å²) in [6, 6.07) is 14.0. The second-order valence-corrected chi connectivity index (χ2v) is 5.41. The van der Waals surface area contributed by atoms with Gasteiger partial charge in [0.2, 0.25) is 0 Å². The number of carbonyl (C=O) groups is 1. The molecule has 2 rings (SSSR count). The number of anilines is 1. The van der Waals surface area contributed by atoms with E-state index in [1.54, 1.807) is 12.1 Å². The maximum Gasteiger partial charge on any atom is 0.337 e. The molecule has 2 aromatic rings. The number of rotatable bonds is 5. The molecule has 110 valence electrons. The summed E-state index contributed by atoms with van der Waals surface area (Å²) in [6.07, 6.45) is 0. The largest absolute Gasteiger partial charge is 0.478 e. The van der Waals surface area contributed by atoms with Crippen LogP contribution in [0, 0.1) is 0 Å². The minimum Gasteiger partial charge on any atom is -0.478 e. The van der Waals surface area contributed by atoms with Crippen molar-refractivity contribution in [1.29, 1.82) is 0 Å². The van der Waals surface area contributed by atoms with Crippen LogP contribution in [0.25, 0.3) is 0 Å². The third kappa shape index (κ3) is 3.35. The zero-order valence-corrected chi connectivity index (χ0v) is 12.3. The molecule has 2 aromatic carbocycles. The van der Waals surface area contributed by atoms with Crippen molar-refractivity contribution >= 4 is 23.3 Å². The van der Waals surface area contributed by atoms with Gasteiger partial charge in [-0.3, -0.25) is 0 Å². The van der Waals surface area contributed by atoms with Gasteiger partial charge in [-0.1, -0.05) is 41.9 Å². The van der Waals surface area contributed by atoms with Crippen LogP contribution in [0.5, 0.6) is 0 Å². The van der Waals surface area contributed by atoms with E-state index >= 15 is 0 Å². The number of carboxylic acids is 1. The summed E-state index contributed by atoms with van der Waals surface area (Å²) in [6.45, 7) is 1.63. The minimum absolute atomic E-state index is 0.0677. The van der Waals surface area contributed by atoms with Gasteiger partial charge >= 0.3 is 5.97 Å². The van der Waals surface area contributed by atoms with E-state index in [4.69, 9.17) is 11.6 Å². The quantitative estimate of drug-likeness (QED) is 0.792. The molecule has 0 heterocycles. The SMILES string of the molecule is CC(CO)(Nc1ccc(Cl)cc1C(=O)O)c1ccccc1. The van der Waals surface area contributed by atoms with Crippen LogP contribution < -0.4 is 5.32 Å². The van der Waals surface area contributed by atoms with E-state index in [0.717, 1.165) is 5.56 Å². The molecule has 0 aliphatic heterocycles. The summed E-state index contributed by atoms with van der Waals surface area (Å²) in [5.74, 6) is -1.08. The molecule has 21 heavy (non-hydrogen) atoms. The first-order valence-corrected chi connectivity index (χ1v) is 6.81. The molecule has 0 spiro atoms. The number of carboxylic acid groups (broad SMARTS) is 1. The minimum atomic E-state index is -1.08. The monoisotopic (exact) mass is 305 g/mol. The highest BCUT2D eigenvalue weighted by atomic mass is 35.5. The first-order valence-electron chi connectivity index (χ1n) is 6.44. The summed E-state index contributed by atoms with van der Waals surface area (Å²) >= 11 is 5.84. The highest BCUT2D eigenvalue weighted by Gasteiger charge is 2.27. The van der Waals surface area contributed by atoms with Gasteiger partial charge in [-0.25, -0.2) is 4.79 Å². The Labute approximate surface area is 128 Å². The van der Waals surface area contributed by atoms with E-state index in [-0.39, 0.29) is 12.2 Å². The Morgan fingerprint density at radius 1 is 1.24 bits per heavy atom. The van der Waals surface area contributed by atoms with Crippen molar-refractivity contribution in [3.8, 4) is 0 Å². The van der Waals surface area contributed by atoms with Gasteiger partial charge in [0.25, 0.3) is 0 Å². The number of aliphatic hydroxyl groups is 1. The van der Waals surface area contributed by atoms with Crippen molar-refractivity contribution in [2.24, 2.45) is 0 Å². The van der Waals surface area contributed by atoms with Gasteiger partial charge in [-0.2, -0.15) is 0 Å². The first-order chi connectivity index (χ1) is 9.96. The molecule has 0 saturated carbocycles. The molecule has 0 fully saturated rings. The van der Waals surface area contributed by atoms with Crippen LogP contribution in [-0.4, -0.2) is 22.8 Å². The molecule has 0 aliphatic carbocycles. The summed E-state index contributed by atoms with van der Waals surface area (Å²) in [5, 5.41) is 22.5. The highest BCUT2D eigenvalue weighted by molar-refractivity contribution is 6.31. The molecule has 0 aliphatic rings. The van der Waals surface area contributed by atoms with E-state index in [1.165, 1.54) is 6.07 Å². The Morgan fingerprint density at radius 2 is 1.90 bits per heavy atom. The van der Waals surface area contributed by atoms with Crippen LogP contribution in [0.4, 0.5) is 5.69 Å². The van der Waals surface area contributed by atoms with Gasteiger partial charge in [0, 0.05) is 10.7 Å². The van der Waals surface area contributed by atoms with Crippen LogP contribution in [0.2, 0.25) is 5.02 Å². The van der Waals surface area contributed by atoms with E-state index in [1.807, 2.05) is 37.3 Å². The average Bonchev–Trinajstić information content (AvgIpc) is 2.49. The number of hydrogen-bond acceptors (Lipinski definition) is 3. The molecule has 0 amide bonds. The van der Waals surface area contributed by atoms with Crippen molar-refractivity contribution in [1.82, 2.24) is 0 Å². The van der Waals surface area contributed by atoms with E-state index < -0.39 is 11.5 Å². The fourth-order valence-electron chi connectivity index (χ4n) is 2.11. The maximum atomic E-state index is 11.3. The highest BCUT2D eigenvalue weighted by Crippen LogP contribution is 2.29. The van der Waals surface area contributed by atoms with Gasteiger partial charge in [0.15, 0.2) is 0 Å². The van der Waals surface area contributed by atoms with Crippen molar-refractivity contribution in [2.45, 2.75) is 12.5 Å². The molecule has 0 saturated heterocycles. The average molecular weight is 306 g/mol. The van der Waals surface area contributed by atoms with E-state index in [2.05, 4.69) is 5.32 Å². The van der Waals surface area contributed by atoms with Crippen LogP contribution in [0.15, 0.2) is 48.5 Å². The van der Waals surface area contributed by atoms with Crippen LogP contribution >= 0.6 is 11.6 Å². The molecule has 0 bridgehead atoms. The topological polar surface area (TPSA) is 69.6 Å². The third-order valence-electron chi connectivity index (χ3n) is 3.35. The van der Waals surface area contributed by atoms with Gasteiger partial charge < -0.3 is 15.5 Å². The number of halogens is 1. The molecule has 1 unspecified atom stereocenters. The molecule has 3 N–H and O–H groups in total. The molecule has 0 aromatic heterocycles. The smallest absolute Gasteiger partial charge is 0.337 e. The Kier molecular flexibility index (Phi) is 4.50. The summed E-state index contributed by atoms with van der Waals surface area (Å²) in [5.41, 5.74) is 0.545. The van der Waals surface area contributed by atoms with Gasteiger partial charge in [0.1, 0.15) is 0 Å². The van der Waals surface area contributed by atoms with Crippen molar-refractivity contribution in [3.05, 3.63) is 64.7 Å². The maximum absolute atomic E-state index is 11.3. The zero-order chi connectivity index (χ0) is 15.5. The van der Waals surface area contributed by atoms with Crippen molar-refractivity contribution in [3.63, 3.8) is 0 Å². The van der Waals surface area contributed by atoms with Crippen LogP contribution in [0.1, 0.15) is 22.8 Å². The molecule has 4 nitrogen and oxygen atoms in total. The van der Waals surface area contributed by atoms with Crippen molar-refractivity contribution in [2.75, 3.05) is 11.9 Å². The predicted molar refractivity (Wildman–Crippen MR) is 82.9 cm³/mol. The van der Waals surface area contributed by atoms with Crippen LogP contribution in [0.3, 0.4) is 0 Å². The van der Waals surface area contributed by atoms with E-state index in [0.29, 0.717) is 10.7 Å².